The fraction of sp³-hybridized carbons (Fsp3) is 0.316. The molecule has 2 N–H and O–H groups in total. The van der Waals surface area contributed by atoms with Crippen molar-refractivity contribution >= 4 is 33.2 Å². The Morgan fingerprint density at radius 2 is 1.81 bits per heavy atom. The molecule has 0 aromatic heterocycles. The van der Waals surface area contributed by atoms with Crippen LogP contribution in [0, 0.1) is 0 Å². The Kier molecular flexibility index (Phi) is 7.50. The van der Waals surface area contributed by atoms with Crippen molar-refractivity contribution in [1.29, 1.82) is 0 Å². The van der Waals surface area contributed by atoms with Gasteiger partial charge in [-0.15, -0.1) is 0 Å². The van der Waals surface area contributed by atoms with Gasteiger partial charge in [0.05, 0.1) is 28.3 Å². The topological polar surface area (TPSA) is 84.5 Å². The van der Waals surface area contributed by atoms with Crippen LogP contribution in [0.1, 0.15) is 36.5 Å². The average Bonchev–Trinajstić information content (AvgIpc) is 2.65. The maximum atomic E-state index is 12.5. The van der Waals surface area contributed by atoms with Crippen molar-refractivity contribution in [2.45, 2.75) is 31.1 Å². The Morgan fingerprint density at radius 1 is 1.11 bits per heavy atom. The Morgan fingerprint density at radius 3 is 2.41 bits per heavy atom. The van der Waals surface area contributed by atoms with Gasteiger partial charge in [0.15, 0.2) is 0 Å². The minimum Gasteiger partial charge on any atom is -0.497 e. The zero-order chi connectivity index (χ0) is 19.9. The molecule has 0 saturated heterocycles. The Bertz CT molecular complexity index is 883. The highest BCUT2D eigenvalue weighted by molar-refractivity contribution is 7.92. The highest BCUT2D eigenvalue weighted by Gasteiger charge is 2.16. The first-order valence-corrected chi connectivity index (χ1v) is 10.5. The molecule has 0 aliphatic carbocycles. The van der Waals surface area contributed by atoms with E-state index in [1.54, 1.807) is 12.1 Å². The van der Waals surface area contributed by atoms with Gasteiger partial charge in [0.2, 0.25) is 0 Å². The van der Waals surface area contributed by atoms with Gasteiger partial charge in [-0.2, -0.15) is 0 Å². The molecule has 0 spiro atoms. The van der Waals surface area contributed by atoms with Crippen molar-refractivity contribution in [2.24, 2.45) is 0 Å². The standard InChI is InChI=1S/C19H23ClN2O4S/c1-3-4-5-12-21-19(23)17-11-6-14(13-18(17)20)22-27(24,25)16-9-7-15(26-2)8-10-16/h6-11,13,22H,3-5,12H2,1-2H3,(H,21,23). The van der Waals surface area contributed by atoms with Gasteiger partial charge < -0.3 is 10.1 Å². The summed E-state index contributed by atoms with van der Waals surface area (Å²) in [5.74, 6) is 0.284. The molecule has 146 valence electrons. The molecular weight excluding hydrogens is 388 g/mol. The molecule has 0 bridgehead atoms. The molecule has 27 heavy (non-hydrogen) atoms. The molecule has 2 aromatic rings. The van der Waals surface area contributed by atoms with Crippen LogP contribution < -0.4 is 14.8 Å². The number of rotatable bonds is 9. The molecule has 0 unspecified atom stereocenters. The summed E-state index contributed by atoms with van der Waals surface area (Å²) in [7, 11) is -2.27. The van der Waals surface area contributed by atoms with Crippen molar-refractivity contribution in [2.75, 3.05) is 18.4 Å². The van der Waals surface area contributed by atoms with Crippen LogP contribution >= 0.6 is 11.6 Å². The van der Waals surface area contributed by atoms with Gasteiger partial charge in [0.25, 0.3) is 15.9 Å². The summed E-state index contributed by atoms with van der Waals surface area (Å²) in [5, 5.41) is 2.98. The van der Waals surface area contributed by atoms with Gasteiger partial charge in [-0.1, -0.05) is 31.4 Å². The van der Waals surface area contributed by atoms with Crippen LogP contribution in [0.25, 0.3) is 0 Å². The smallest absolute Gasteiger partial charge is 0.261 e. The van der Waals surface area contributed by atoms with Crippen LogP contribution in [-0.2, 0) is 10.0 Å². The van der Waals surface area contributed by atoms with Crippen molar-refractivity contribution in [3.05, 3.63) is 53.1 Å². The lowest BCUT2D eigenvalue weighted by Gasteiger charge is -2.11. The number of amides is 1. The third-order valence-electron chi connectivity index (χ3n) is 3.90. The lowest BCUT2D eigenvalue weighted by Crippen LogP contribution is -2.24. The SMILES string of the molecule is CCCCCNC(=O)c1ccc(NS(=O)(=O)c2ccc(OC)cc2)cc1Cl. The second-order valence-corrected chi connectivity index (χ2v) is 8.03. The summed E-state index contributed by atoms with van der Waals surface area (Å²) in [6.45, 7) is 2.67. The van der Waals surface area contributed by atoms with E-state index in [0.29, 0.717) is 17.9 Å². The van der Waals surface area contributed by atoms with Gasteiger partial charge in [-0.05, 0) is 48.9 Å². The summed E-state index contributed by atoms with van der Waals surface area (Å²) in [6.07, 6.45) is 3.01. The lowest BCUT2D eigenvalue weighted by atomic mass is 10.2. The van der Waals surface area contributed by atoms with Crippen molar-refractivity contribution in [1.82, 2.24) is 5.32 Å². The number of ether oxygens (including phenoxy) is 1. The van der Waals surface area contributed by atoms with E-state index in [9.17, 15) is 13.2 Å². The second-order valence-electron chi connectivity index (χ2n) is 5.94. The van der Waals surface area contributed by atoms with Crippen LogP contribution in [-0.4, -0.2) is 28.0 Å². The Labute approximate surface area is 164 Å². The second kappa shape index (κ2) is 9.62. The van der Waals surface area contributed by atoms with Crippen LogP contribution in [0.5, 0.6) is 5.75 Å². The van der Waals surface area contributed by atoms with Gasteiger partial charge >= 0.3 is 0 Å². The molecule has 0 saturated carbocycles. The normalized spacial score (nSPS) is 11.1. The molecule has 0 heterocycles. The zero-order valence-electron chi connectivity index (χ0n) is 15.3. The zero-order valence-corrected chi connectivity index (χ0v) is 16.9. The van der Waals surface area contributed by atoms with Gasteiger partial charge in [0.1, 0.15) is 5.75 Å². The van der Waals surface area contributed by atoms with E-state index in [4.69, 9.17) is 16.3 Å². The number of sulfonamides is 1. The fourth-order valence-corrected chi connectivity index (χ4v) is 3.72. The predicted octanol–water partition coefficient (Wildman–Crippen LogP) is 4.07. The van der Waals surface area contributed by atoms with Gasteiger partial charge in [0, 0.05) is 6.54 Å². The van der Waals surface area contributed by atoms with E-state index >= 15 is 0 Å². The highest BCUT2D eigenvalue weighted by atomic mass is 35.5. The van der Waals surface area contributed by atoms with Crippen LogP contribution in [0.2, 0.25) is 5.02 Å². The molecular formula is C19H23ClN2O4S. The molecule has 2 aromatic carbocycles. The lowest BCUT2D eigenvalue weighted by molar-refractivity contribution is 0.0953. The summed E-state index contributed by atoms with van der Waals surface area (Å²) in [6, 6.07) is 10.4. The van der Waals surface area contributed by atoms with E-state index in [0.717, 1.165) is 19.3 Å². The molecule has 0 aliphatic rings. The number of carbonyl (C=O) groups excluding carboxylic acids is 1. The predicted molar refractivity (Wildman–Crippen MR) is 107 cm³/mol. The first-order valence-electron chi connectivity index (χ1n) is 8.62. The maximum Gasteiger partial charge on any atom is 0.261 e. The first-order chi connectivity index (χ1) is 12.9. The fourth-order valence-electron chi connectivity index (χ4n) is 2.40. The van der Waals surface area contributed by atoms with Crippen LogP contribution in [0.4, 0.5) is 5.69 Å². The van der Waals surface area contributed by atoms with E-state index in [2.05, 4.69) is 17.0 Å². The average molecular weight is 411 g/mol. The van der Waals surface area contributed by atoms with E-state index in [-0.39, 0.29) is 21.5 Å². The number of unbranched alkanes of at least 4 members (excludes halogenated alkanes) is 2. The quantitative estimate of drug-likeness (QED) is 0.610. The van der Waals surface area contributed by atoms with E-state index in [1.807, 2.05) is 0 Å². The Balaban J connectivity index is 2.08. The maximum absolute atomic E-state index is 12.5. The number of methoxy groups -OCH3 is 1. The molecule has 2 rings (SSSR count). The van der Waals surface area contributed by atoms with Crippen molar-refractivity contribution in [3.8, 4) is 5.75 Å². The molecule has 8 heteroatoms. The van der Waals surface area contributed by atoms with Crippen LogP contribution in [0.15, 0.2) is 47.4 Å². The summed E-state index contributed by atoms with van der Waals surface area (Å²) >= 11 is 6.17. The number of halogens is 1. The molecule has 1 amide bonds. The van der Waals surface area contributed by atoms with Crippen LogP contribution in [0.3, 0.4) is 0 Å². The van der Waals surface area contributed by atoms with Gasteiger partial charge in [-0.25, -0.2) is 8.42 Å². The van der Waals surface area contributed by atoms with E-state index < -0.39 is 10.0 Å². The van der Waals surface area contributed by atoms with Crippen molar-refractivity contribution in [3.63, 3.8) is 0 Å². The molecule has 0 fully saturated rings. The largest absolute Gasteiger partial charge is 0.497 e. The minimum absolute atomic E-state index is 0.0946. The van der Waals surface area contributed by atoms with Gasteiger partial charge in [-0.3, -0.25) is 9.52 Å². The monoisotopic (exact) mass is 410 g/mol. The Hall–Kier alpha value is -2.25. The molecule has 0 radical (unpaired) electrons. The number of carbonyl (C=O) groups is 1. The number of benzene rings is 2. The number of hydrogen-bond donors (Lipinski definition) is 2. The van der Waals surface area contributed by atoms with E-state index in [1.165, 1.54) is 37.4 Å². The number of anilines is 1. The van der Waals surface area contributed by atoms with Crippen molar-refractivity contribution < 1.29 is 17.9 Å². The summed E-state index contributed by atoms with van der Waals surface area (Å²) < 4.78 is 32.4. The summed E-state index contributed by atoms with van der Waals surface area (Å²) in [5.41, 5.74) is 0.582. The minimum atomic E-state index is -3.77. The first kappa shape index (κ1) is 21.1. The molecule has 0 atom stereocenters. The highest BCUT2D eigenvalue weighted by Crippen LogP contribution is 2.24. The summed E-state index contributed by atoms with van der Waals surface area (Å²) in [4.78, 5) is 12.3. The number of nitrogens with one attached hydrogen (secondary N) is 2. The third kappa shape index (κ3) is 5.87. The molecule has 0 aliphatic heterocycles. The third-order valence-corrected chi connectivity index (χ3v) is 5.61. The molecule has 6 nitrogen and oxygen atoms in total. The number of hydrogen-bond acceptors (Lipinski definition) is 4.